The molecule has 2 fully saturated rings. The molecule has 3 N–H and O–H groups in total. The molecule has 2 saturated carbocycles. The summed E-state index contributed by atoms with van der Waals surface area (Å²) >= 11 is 0. The SMILES string of the molecule is C=C1/C(=C\C=C2/CCC[C@]3(C)C([C@@H](C)C/C=C/C(=N)C(C(F)(F)F)(C(F)(F)F)C(F)(F)F)=CC[C@@H]23)C[C@@H](O)C[C@@H]1O. The van der Waals surface area contributed by atoms with E-state index in [1.54, 1.807) is 6.92 Å². The van der Waals surface area contributed by atoms with Crippen molar-refractivity contribution in [3.8, 4) is 0 Å². The van der Waals surface area contributed by atoms with Gasteiger partial charge in [-0.05, 0) is 73.0 Å². The summed E-state index contributed by atoms with van der Waals surface area (Å²) in [5.74, 6) is -0.347. The van der Waals surface area contributed by atoms with Crippen LogP contribution < -0.4 is 0 Å². The van der Waals surface area contributed by atoms with E-state index in [9.17, 15) is 49.7 Å². The molecule has 3 rings (SSSR count). The van der Waals surface area contributed by atoms with Gasteiger partial charge in [0.2, 0.25) is 0 Å². The van der Waals surface area contributed by atoms with Gasteiger partial charge in [-0.1, -0.05) is 55.9 Å². The first-order valence-corrected chi connectivity index (χ1v) is 13.3. The molecule has 0 amide bonds. The van der Waals surface area contributed by atoms with E-state index in [4.69, 9.17) is 5.41 Å². The fourth-order valence-electron chi connectivity index (χ4n) is 6.66. The van der Waals surface area contributed by atoms with Crippen LogP contribution >= 0.6 is 0 Å². The average molecular weight is 600 g/mol. The predicted octanol–water partition coefficient (Wildman–Crippen LogP) is 8.32. The highest BCUT2D eigenvalue weighted by atomic mass is 19.4. The minimum absolute atomic E-state index is 0.0292. The molecule has 0 aromatic heterocycles. The van der Waals surface area contributed by atoms with E-state index in [2.05, 4.69) is 6.58 Å². The highest BCUT2D eigenvalue weighted by Crippen LogP contribution is 2.60. The summed E-state index contributed by atoms with van der Waals surface area (Å²) in [4.78, 5) is 0. The zero-order valence-corrected chi connectivity index (χ0v) is 22.6. The lowest BCUT2D eigenvalue weighted by molar-refractivity contribution is -0.397. The fraction of sp³-hybridized carbons (Fsp3) is 0.621. The van der Waals surface area contributed by atoms with Gasteiger partial charge in [0.25, 0.3) is 5.41 Å². The Hall–Kier alpha value is -2.34. The molecule has 0 unspecified atom stereocenters. The number of nitrogens with one attached hydrogen (secondary N) is 1. The van der Waals surface area contributed by atoms with E-state index in [1.807, 2.05) is 25.2 Å². The monoisotopic (exact) mass is 599 g/mol. The third-order valence-electron chi connectivity index (χ3n) is 8.86. The van der Waals surface area contributed by atoms with Gasteiger partial charge in [-0.25, -0.2) is 0 Å². The first-order valence-electron chi connectivity index (χ1n) is 13.3. The number of hydrogen-bond acceptors (Lipinski definition) is 3. The van der Waals surface area contributed by atoms with Crippen LogP contribution in [-0.4, -0.2) is 46.7 Å². The van der Waals surface area contributed by atoms with Gasteiger partial charge in [-0.3, -0.25) is 0 Å². The van der Waals surface area contributed by atoms with Gasteiger partial charge >= 0.3 is 18.5 Å². The van der Waals surface area contributed by atoms with Crippen LogP contribution in [0, 0.1) is 28.1 Å². The standard InChI is InChI=1S/C29H34F9NO2/c1-16(6-4-8-24(39)26(27(30,31)32,28(33,34)35)29(36,37)38)21-11-12-22-18(7-5-13-25(21,22)3)9-10-19-14-20(40)15-23(41)17(19)2/h4,8-11,16,20,22-23,39-41H,2,5-7,12-15H2,1,3H3/b8-4+,18-9+,19-10-,39-24?/t16-,20+,22-,23-,25+/m0/s1. The highest BCUT2D eigenvalue weighted by molar-refractivity contribution is 5.99. The first kappa shape index (κ1) is 33.2. The van der Waals surface area contributed by atoms with Gasteiger partial charge in [-0.2, -0.15) is 39.5 Å². The second kappa shape index (κ2) is 11.4. The maximum atomic E-state index is 13.3. The molecular formula is C29H34F9NO2. The molecule has 0 aromatic rings. The summed E-state index contributed by atoms with van der Waals surface area (Å²) in [6.45, 7) is 7.63. The van der Waals surface area contributed by atoms with Crippen LogP contribution in [0.3, 0.4) is 0 Å². The van der Waals surface area contributed by atoms with Crippen molar-refractivity contribution < 1.29 is 49.7 Å². The van der Waals surface area contributed by atoms with Crippen LogP contribution in [-0.2, 0) is 0 Å². The lowest BCUT2D eigenvalue weighted by Gasteiger charge is -2.42. The Balaban J connectivity index is 1.79. The van der Waals surface area contributed by atoms with Crippen LogP contribution in [0.5, 0.6) is 0 Å². The Morgan fingerprint density at radius 2 is 1.66 bits per heavy atom. The van der Waals surface area contributed by atoms with Crippen LogP contribution in [0.25, 0.3) is 0 Å². The van der Waals surface area contributed by atoms with E-state index in [0.29, 0.717) is 18.4 Å². The van der Waals surface area contributed by atoms with Crippen molar-refractivity contribution in [2.24, 2.45) is 22.7 Å². The molecule has 0 bridgehead atoms. The molecule has 41 heavy (non-hydrogen) atoms. The van der Waals surface area contributed by atoms with Crippen molar-refractivity contribution in [3.63, 3.8) is 0 Å². The number of hydrogen-bond donors (Lipinski definition) is 3. The minimum Gasteiger partial charge on any atom is -0.393 e. The molecule has 12 heteroatoms. The molecule has 0 aliphatic heterocycles. The van der Waals surface area contributed by atoms with Crippen molar-refractivity contribution in [2.45, 2.75) is 89.5 Å². The second-order valence-corrected chi connectivity index (χ2v) is 11.5. The Kier molecular flexibility index (Phi) is 9.21. The lowest BCUT2D eigenvalue weighted by Crippen LogP contribution is -2.63. The van der Waals surface area contributed by atoms with Crippen LogP contribution in [0.2, 0.25) is 0 Å². The van der Waals surface area contributed by atoms with Gasteiger partial charge in [-0.15, -0.1) is 0 Å². The first-order chi connectivity index (χ1) is 18.7. The van der Waals surface area contributed by atoms with Crippen molar-refractivity contribution in [2.75, 3.05) is 0 Å². The molecule has 5 atom stereocenters. The number of alkyl halides is 9. The molecule has 0 spiro atoms. The van der Waals surface area contributed by atoms with Crippen molar-refractivity contribution in [1.29, 1.82) is 5.41 Å². The Bertz CT molecular complexity index is 1120. The molecule has 0 aromatic carbocycles. The zero-order chi connectivity index (χ0) is 31.2. The fourth-order valence-corrected chi connectivity index (χ4v) is 6.66. The average Bonchev–Trinajstić information content (AvgIpc) is 3.15. The Labute approximate surface area is 232 Å². The number of rotatable bonds is 6. The van der Waals surface area contributed by atoms with Gasteiger partial charge < -0.3 is 15.6 Å². The van der Waals surface area contributed by atoms with E-state index in [1.165, 1.54) is 0 Å². The lowest BCUT2D eigenvalue weighted by atomic mass is 9.62. The van der Waals surface area contributed by atoms with E-state index >= 15 is 0 Å². The maximum absolute atomic E-state index is 13.3. The van der Waals surface area contributed by atoms with Gasteiger partial charge in [0, 0.05) is 6.42 Å². The van der Waals surface area contributed by atoms with Crippen molar-refractivity contribution >= 4 is 5.71 Å². The summed E-state index contributed by atoms with van der Waals surface area (Å²) in [7, 11) is 0. The smallest absolute Gasteiger partial charge is 0.393 e. The van der Waals surface area contributed by atoms with E-state index < -0.39 is 47.8 Å². The minimum atomic E-state index is -6.81. The highest BCUT2D eigenvalue weighted by Gasteiger charge is 2.85. The number of aliphatic hydroxyl groups excluding tert-OH is 2. The summed E-state index contributed by atoms with van der Waals surface area (Å²) in [5, 5.41) is 27.4. The number of fused-ring (bicyclic) bond motifs is 1. The number of halogens is 9. The molecule has 3 aliphatic carbocycles. The summed E-state index contributed by atoms with van der Waals surface area (Å²) in [6.07, 6.45) is -12.0. The normalized spacial score (nSPS) is 31.1. The Morgan fingerprint density at radius 3 is 2.22 bits per heavy atom. The molecule has 0 saturated heterocycles. The molecule has 0 heterocycles. The molecular weight excluding hydrogens is 565 g/mol. The third kappa shape index (κ3) is 5.96. The van der Waals surface area contributed by atoms with Crippen molar-refractivity contribution in [3.05, 3.63) is 59.3 Å². The third-order valence-corrected chi connectivity index (χ3v) is 8.86. The van der Waals surface area contributed by atoms with Crippen molar-refractivity contribution in [1.82, 2.24) is 0 Å². The molecule has 230 valence electrons. The molecule has 3 aliphatic rings. The summed E-state index contributed by atoms with van der Waals surface area (Å²) in [5.41, 5.74) is -5.96. The van der Waals surface area contributed by atoms with Crippen LogP contribution in [0.15, 0.2) is 59.3 Å². The van der Waals surface area contributed by atoms with Crippen LogP contribution in [0.1, 0.15) is 58.8 Å². The summed E-state index contributed by atoms with van der Waals surface area (Å²) < 4.78 is 120. The number of allylic oxidation sites excluding steroid dienone is 7. The molecule has 3 nitrogen and oxygen atoms in total. The van der Waals surface area contributed by atoms with Gasteiger partial charge in [0.1, 0.15) is 0 Å². The largest absolute Gasteiger partial charge is 0.417 e. The number of aliphatic hydroxyl groups is 2. The predicted molar refractivity (Wildman–Crippen MR) is 136 cm³/mol. The topological polar surface area (TPSA) is 64.3 Å². The Morgan fingerprint density at radius 1 is 1.07 bits per heavy atom. The van der Waals surface area contributed by atoms with Gasteiger partial charge in [0.15, 0.2) is 0 Å². The van der Waals surface area contributed by atoms with E-state index in [-0.39, 0.29) is 30.3 Å². The van der Waals surface area contributed by atoms with Crippen LogP contribution in [0.4, 0.5) is 39.5 Å². The van der Waals surface area contributed by atoms with E-state index in [0.717, 1.165) is 42.1 Å². The second-order valence-electron chi connectivity index (χ2n) is 11.5. The maximum Gasteiger partial charge on any atom is 0.417 e. The molecule has 0 radical (unpaired) electrons. The van der Waals surface area contributed by atoms with Gasteiger partial charge in [0.05, 0.1) is 17.9 Å². The zero-order valence-electron chi connectivity index (χ0n) is 22.6. The summed E-state index contributed by atoms with van der Waals surface area (Å²) in [6, 6.07) is 0. The quantitative estimate of drug-likeness (QED) is 0.163.